The van der Waals surface area contributed by atoms with Crippen LogP contribution in [0.5, 0.6) is 0 Å². The van der Waals surface area contributed by atoms with Gasteiger partial charge in [0.25, 0.3) is 5.56 Å². The van der Waals surface area contributed by atoms with Gasteiger partial charge >= 0.3 is 0 Å². The number of rotatable bonds is 6. The number of thioether (sulfide) groups is 1. The SMILES string of the molecule is COCCn1c(S[C@@H]2CCCCNC2=O)nc2scc(-c3ccc(F)cc3)c2c1=O. The molecule has 3 heterocycles. The molecule has 2 aromatic heterocycles. The van der Waals surface area contributed by atoms with Gasteiger partial charge in [-0.1, -0.05) is 30.3 Å². The summed E-state index contributed by atoms with van der Waals surface area (Å²) in [7, 11) is 1.58. The van der Waals surface area contributed by atoms with Gasteiger partial charge in [-0.05, 0) is 30.5 Å². The molecule has 9 heteroatoms. The summed E-state index contributed by atoms with van der Waals surface area (Å²) in [6, 6.07) is 6.08. The van der Waals surface area contributed by atoms with Crippen LogP contribution in [0.3, 0.4) is 0 Å². The van der Waals surface area contributed by atoms with Gasteiger partial charge in [0.1, 0.15) is 10.6 Å². The number of carbonyl (C=O) groups is 1. The maximum atomic E-state index is 13.5. The van der Waals surface area contributed by atoms with Gasteiger partial charge in [0.05, 0.1) is 23.8 Å². The van der Waals surface area contributed by atoms with Crippen molar-refractivity contribution in [2.24, 2.45) is 0 Å². The number of benzene rings is 1. The van der Waals surface area contributed by atoms with Crippen LogP contribution in [-0.2, 0) is 16.1 Å². The molecule has 3 aromatic rings. The molecule has 1 aliphatic heterocycles. The van der Waals surface area contributed by atoms with E-state index in [1.54, 1.807) is 23.8 Å². The van der Waals surface area contributed by atoms with E-state index >= 15 is 0 Å². The van der Waals surface area contributed by atoms with E-state index in [1.807, 2.05) is 5.38 Å². The minimum atomic E-state index is -0.325. The summed E-state index contributed by atoms with van der Waals surface area (Å²) in [5, 5.41) is 5.57. The first-order valence-corrected chi connectivity index (χ1v) is 11.6. The zero-order valence-corrected chi connectivity index (χ0v) is 18.2. The number of methoxy groups -OCH3 is 1. The fourth-order valence-electron chi connectivity index (χ4n) is 3.47. The Balaban J connectivity index is 1.79. The molecule has 0 radical (unpaired) electrons. The van der Waals surface area contributed by atoms with Gasteiger partial charge in [0.2, 0.25) is 5.91 Å². The molecule has 6 nitrogen and oxygen atoms in total. The van der Waals surface area contributed by atoms with Crippen LogP contribution in [0.25, 0.3) is 21.3 Å². The quantitative estimate of drug-likeness (QED) is 0.584. The highest BCUT2D eigenvalue weighted by Gasteiger charge is 2.25. The van der Waals surface area contributed by atoms with Gasteiger partial charge < -0.3 is 10.1 Å². The number of amides is 1. The normalized spacial score (nSPS) is 17.1. The molecule has 1 aromatic carbocycles. The maximum absolute atomic E-state index is 13.5. The van der Waals surface area contributed by atoms with Crippen LogP contribution in [0.4, 0.5) is 4.39 Å². The first kappa shape index (κ1) is 21.0. The van der Waals surface area contributed by atoms with E-state index in [4.69, 9.17) is 9.72 Å². The molecule has 1 N–H and O–H groups in total. The van der Waals surface area contributed by atoms with Crippen molar-refractivity contribution in [3.63, 3.8) is 0 Å². The summed E-state index contributed by atoms with van der Waals surface area (Å²) >= 11 is 2.72. The molecule has 1 atom stereocenters. The van der Waals surface area contributed by atoms with Crippen LogP contribution >= 0.6 is 23.1 Å². The number of hydrogen-bond acceptors (Lipinski definition) is 6. The summed E-state index contributed by atoms with van der Waals surface area (Å²) in [5.41, 5.74) is 1.33. The van der Waals surface area contributed by atoms with E-state index in [0.29, 0.717) is 35.1 Å². The molecule has 158 valence electrons. The second-order valence-electron chi connectivity index (χ2n) is 7.07. The molecule has 30 heavy (non-hydrogen) atoms. The van der Waals surface area contributed by atoms with E-state index in [0.717, 1.165) is 30.4 Å². The third-order valence-electron chi connectivity index (χ3n) is 5.07. The number of hydrogen-bond donors (Lipinski definition) is 1. The van der Waals surface area contributed by atoms with Crippen LogP contribution in [-0.4, -0.2) is 41.0 Å². The maximum Gasteiger partial charge on any atom is 0.263 e. The molecular formula is C21H22FN3O3S2. The minimum Gasteiger partial charge on any atom is -0.383 e. The van der Waals surface area contributed by atoms with Crippen LogP contribution < -0.4 is 10.9 Å². The second-order valence-corrected chi connectivity index (χ2v) is 9.10. The monoisotopic (exact) mass is 447 g/mol. The number of aromatic nitrogens is 2. The van der Waals surface area contributed by atoms with Crippen LogP contribution in [0.1, 0.15) is 19.3 Å². The van der Waals surface area contributed by atoms with E-state index in [1.165, 1.54) is 35.2 Å². The van der Waals surface area contributed by atoms with Crippen molar-refractivity contribution >= 4 is 39.2 Å². The van der Waals surface area contributed by atoms with Crippen LogP contribution in [0.15, 0.2) is 39.6 Å². The zero-order chi connectivity index (χ0) is 21.1. The van der Waals surface area contributed by atoms with Crippen molar-refractivity contribution < 1.29 is 13.9 Å². The second kappa shape index (κ2) is 9.28. The molecule has 1 saturated heterocycles. The Morgan fingerprint density at radius 3 is 2.87 bits per heavy atom. The van der Waals surface area contributed by atoms with Gasteiger partial charge in [-0.2, -0.15) is 0 Å². The number of nitrogens with zero attached hydrogens (tertiary/aromatic N) is 2. The highest BCUT2D eigenvalue weighted by molar-refractivity contribution is 8.00. The molecular weight excluding hydrogens is 425 g/mol. The highest BCUT2D eigenvalue weighted by atomic mass is 32.2. The van der Waals surface area contributed by atoms with E-state index in [-0.39, 0.29) is 22.5 Å². The Bertz CT molecular complexity index is 1110. The first-order chi connectivity index (χ1) is 14.6. The summed E-state index contributed by atoms with van der Waals surface area (Å²) < 4.78 is 20.1. The summed E-state index contributed by atoms with van der Waals surface area (Å²) in [5.74, 6) is -0.336. The Morgan fingerprint density at radius 2 is 2.10 bits per heavy atom. The topological polar surface area (TPSA) is 73.2 Å². The third-order valence-corrected chi connectivity index (χ3v) is 7.19. The molecule has 1 aliphatic rings. The first-order valence-electron chi connectivity index (χ1n) is 9.79. The molecule has 0 aliphatic carbocycles. The lowest BCUT2D eigenvalue weighted by atomic mass is 10.1. The van der Waals surface area contributed by atoms with Crippen molar-refractivity contribution in [3.05, 3.63) is 45.8 Å². The predicted octanol–water partition coefficient (Wildman–Crippen LogP) is 3.67. The molecule has 1 fully saturated rings. The lowest BCUT2D eigenvalue weighted by molar-refractivity contribution is -0.120. The van der Waals surface area contributed by atoms with Crippen LogP contribution in [0.2, 0.25) is 0 Å². The number of thiophene rings is 1. The lowest BCUT2D eigenvalue weighted by Crippen LogP contribution is -2.32. The standard InChI is InChI=1S/C21H22FN3O3S2/c1-28-11-10-25-20(27)17-15(13-5-7-14(22)8-6-13)12-29-19(17)24-21(25)30-16-4-2-3-9-23-18(16)26/h5-8,12,16H,2-4,9-11H2,1H3,(H,23,26)/t16-/m1/s1. The number of fused-ring (bicyclic) bond motifs is 1. The number of halogens is 1. The van der Waals surface area contributed by atoms with Gasteiger partial charge in [0, 0.05) is 24.6 Å². The van der Waals surface area contributed by atoms with Gasteiger partial charge in [-0.3, -0.25) is 14.2 Å². The Labute approximate surface area is 181 Å². The van der Waals surface area contributed by atoms with Gasteiger partial charge in [-0.25, -0.2) is 9.37 Å². The fourth-order valence-corrected chi connectivity index (χ4v) is 5.64. The molecule has 0 saturated carbocycles. The average Bonchev–Trinajstić information content (AvgIpc) is 3.06. The van der Waals surface area contributed by atoms with E-state index < -0.39 is 0 Å². The van der Waals surface area contributed by atoms with E-state index in [2.05, 4.69) is 5.32 Å². The minimum absolute atomic E-state index is 0.0108. The van der Waals surface area contributed by atoms with Crippen molar-refractivity contribution in [2.75, 3.05) is 20.3 Å². The van der Waals surface area contributed by atoms with Crippen molar-refractivity contribution in [1.29, 1.82) is 0 Å². The van der Waals surface area contributed by atoms with Gasteiger partial charge in [-0.15, -0.1) is 11.3 Å². The molecule has 0 spiro atoms. The Kier molecular flexibility index (Phi) is 6.50. The Hall–Kier alpha value is -2.23. The summed E-state index contributed by atoms with van der Waals surface area (Å²) in [4.78, 5) is 31.2. The average molecular weight is 448 g/mol. The van der Waals surface area contributed by atoms with Crippen molar-refractivity contribution in [3.8, 4) is 11.1 Å². The van der Waals surface area contributed by atoms with Crippen LogP contribution in [0, 0.1) is 5.82 Å². The molecule has 0 unspecified atom stereocenters. The van der Waals surface area contributed by atoms with Crippen molar-refractivity contribution in [1.82, 2.24) is 14.9 Å². The largest absolute Gasteiger partial charge is 0.383 e. The number of ether oxygens (including phenoxy) is 1. The summed E-state index contributed by atoms with van der Waals surface area (Å²) in [6.45, 7) is 1.38. The smallest absolute Gasteiger partial charge is 0.263 e. The zero-order valence-electron chi connectivity index (χ0n) is 16.5. The lowest BCUT2D eigenvalue weighted by Gasteiger charge is -2.16. The highest BCUT2D eigenvalue weighted by Crippen LogP contribution is 2.34. The van der Waals surface area contributed by atoms with Gasteiger partial charge in [0.15, 0.2) is 5.16 Å². The van der Waals surface area contributed by atoms with E-state index in [9.17, 15) is 14.0 Å². The van der Waals surface area contributed by atoms with Crippen molar-refractivity contribution in [2.45, 2.75) is 36.2 Å². The third kappa shape index (κ3) is 4.28. The fraction of sp³-hybridized carbons (Fsp3) is 0.381. The molecule has 1 amide bonds. The Morgan fingerprint density at radius 1 is 1.30 bits per heavy atom. The molecule has 4 rings (SSSR count). The summed E-state index contributed by atoms with van der Waals surface area (Å²) in [6.07, 6.45) is 2.66. The predicted molar refractivity (Wildman–Crippen MR) is 118 cm³/mol. The number of nitrogens with one attached hydrogen (secondary N) is 1. The number of carbonyl (C=O) groups excluding carboxylic acids is 1. The molecule has 0 bridgehead atoms.